The standard InChI is InChI=1S/C17H15NO/c1-13-5-2-3-6-15(13)9-8-14-11-16-17(19)7-4-10-18(16)12-14/h2-3,5-6,11-12H,4,7,10H2,1H3. The smallest absolute Gasteiger partial charge is 0.179 e. The van der Waals surface area contributed by atoms with Crippen LogP contribution in [0.3, 0.4) is 0 Å². The molecule has 94 valence electrons. The molecule has 0 spiro atoms. The number of benzene rings is 1. The fourth-order valence-electron chi connectivity index (χ4n) is 2.39. The predicted octanol–water partition coefficient (Wildman–Crippen LogP) is 3.17. The van der Waals surface area contributed by atoms with Crippen molar-refractivity contribution in [2.75, 3.05) is 0 Å². The van der Waals surface area contributed by atoms with Crippen LogP contribution in [0.5, 0.6) is 0 Å². The second-order valence-corrected chi connectivity index (χ2v) is 4.90. The first-order valence-corrected chi connectivity index (χ1v) is 6.55. The number of nitrogens with zero attached hydrogens (tertiary/aromatic N) is 1. The van der Waals surface area contributed by atoms with Gasteiger partial charge in [0.15, 0.2) is 5.78 Å². The molecule has 0 radical (unpaired) electrons. The Balaban J connectivity index is 1.93. The second-order valence-electron chi connectivity index (χ2n) is 4.90. The Morgan fingerprint density at radius 2 is 2.05 bits per heavy atom. The highest BCUT2D eigenvalue weighted by Crippen LogP contribution is 2.17. The third kappa shape index (κ3) is 2.32. The highest BCUT2D eigenvalue weighted by atomic mass is 16.1. The summed E-state index contributed by atoms with van der Waals surface area (Å²) in [5.74, 6) is 6.57. The molecular weight excluding hydrogens is 234 g/mol. The van der Waals surface area contributed by atoms with Gasteiger partial charge >= 0.3 is 0 Å². The molecule has 2 aromatic rings. The molecule has 0 atom stereocenters. The summed E-state index contributed by atoms with van der Waals surface area (Å²) in [4.78, 5) is 11.8. The molecule has 1 aliphatic rings. The van der Waals surface area contributed by atoms with Crippen LogP contribution in [0.2, 0.25) is 0 Å². The van der Waals surface area contributed by atoms with Crippen LogP contribution in [0.4, 0.5) is 0 Å². The number of rotatable bonds is 0. The zero-order valence-corrected chi connectivity index (χ0v) is 10.9. The Kier molecular flexibility index (Phi) is 2.97. The van der Waals surface area contributed by atoms with Crippen LogP contribution in [-0.2, 0) is 6.54 Å². The maximum absolute atomic E-state index is 11.8. The molecule has 0 saturated heterocycles. The van der Waals surface area contributed by atoms with Crippen molar-refractivity contribution in [2.24, 2.45) is 0 Å². The van der Waals surface area contributed by atoms with Gasteiger partial charge in [-0.3, -0.25) is 4.79 Å². The Morgan fingerprint density at radius 1 is 1.21 bits per heavy atom. The third-order valence-electron chi connectivity index (χ3n) is 3.47. The van der Waals surface area contributed by atoms with Gasteiger partial charge in [0, 0.05) is 30.3 Å². The van der Waals surface area contributed by atoms with Crippen molar-refractivity contribution in [3.05, 3.63) is 58.9 Å². The predicted molar refractivity (Wildman–Crippen MR) is 75.2 cm³/mol. The van der Waals surface area contributed by atoms with Gasteiger partial charge < -0.3 is 4.57 Å². The molecule has 19 heavy (non-hydrogen) atoms. The van der Waals surface area contributed by atoms with Gasteiger partial charge in [-0.25, -0.2) is 0 Å². The number of aryl methyl sites for hydroxylation is 2. The fraction of sp³-hybridized carbons (Fsp3) is 0.235. The van der Waals surface area contributed by atoms with E-state index < -0.39 is 0 Å². The molecule has 0 bridgehead atoms. The monoisotopic (exact) mass is 249 g/mol. The quantitative estimate of drug-likeness (QED) is 0.657. The van der Waals surface area contributed by atoms with Crippen LogP contribution in [0.1, 0.15) is 40.0 Å². The SMILES string of the molecule is Cc1ccccc1C#Cc1cc2n(c1)CCCC2=O. The first-order chi connectivity index (χ1) is 9.24. The van der Waals surface area contributed by atoms with Crippen LogP contribution in [0.25, 0.3) is 0 Å². The number of fused-ring (bicyclic) bond motifs is 1. The minimum absolute atomic E-state index is 0.232. The molecule has 0 N–H and O–H groups in total. The number of Topliss-reactive ketones (excluding diaryl/α,β-unsaturated/α-hetero) is 1. The third-order valence-corrected chi connectivity index (χ3v) is 3.47. The molecule has 0 saturated carbocycles. The van der Waals surface area contributed by atoms with E-state index in [1.165, 1.54) is 5.56 Å². The van der Waals surface area contributed by atoms with Gasteiger partial charge in [-0.2, -0.15) is 0 Å². The Hall–Kier alpha value is -2.27. The second kappa shape index (κ2) is 4.78. The molecule has 2 heterocycles. The summed E-state index contributed by atoms with van der Waals surface area (Å²) in [6.45, 7) is 2.98. The Morgan fingerprint density at radius 3 is 2.84 bits per heavy atom. The fourth-order valence-corrected chi connectivity index (χ4v) is 2.39. The molecule has 0 amide bonds. The Labute approximate surface area is 113 Å². The van der Waals surface area contributed by atoms with E-state index in [2.05, 4.69) is 24.8 Å². The van der Waals surface area contributed by atoms with Crippen molar-refractivity contribution in [3.8, 4) is 11.8 Å². The number of aromatic nitrogens is 1. The molecule has 2 heteroatoms. The average Bonchev–Trinajstić information content (AvgIpc) is 2.82. The van der Waals surface area contributed by atoms with Gasteiger partial charge in [0.25, 0.3) is 0 Å². The largest absolute Gasteiger partial charge is 0.344 e. The van der Waals surface area contributed by atoms with E-state index >= 15 is 0 Å². The normalized spacial score (nSPS) is 13.6. The maximum Gasteiger partial charge on any atom is 0.179 e. The Bertz CT molecular complexity index is 698. The van der Waals surface area contributed by atoms with Crippen molar-refractivity contribution in [3.63, 3.8) is 0 Å². The van der Waals surface area contributed by atoms with Crippen molar-refractivity contribution in [2.45, 2.75) is 26.3 Å². The van der Waals surface area contributed by atoms with E-state index in [-0.39, 0.29) is 5.78 Å². The van der Waals surface area contributed by atoms with Crippen LogP contribution in [-0.4, -0.2) is 10.4 Å². The van der Waals surface area contributed by atoms with E-state index in [1.54, 1.807) is 0 Å². The van der Waals surface area contributed by atoms with Gasteiger partial charge in [-0.1, -0.05) is 30.0 Å². The van der Waals surface area contributed by atoms with Crippen LogP contribution in [0, 0.1) is 18.8 Å². The summed E-state index contributed by atoms with van der Waals surface area (Å²) in [6, 6.07) is 9.98. The van der Waals surface area contributed by atoms with Gasteiger partial charge in [0.1, 0.15) is 0 Å². The topological polar surface area (TPSA) is 22.0 Å². The molecular formula is C17H15NO. The molecule has 3 rings (SSSR count). The summed E-state index contributed by atoms with van der Waals surface area (Å²) in [5.41, 5.74) is 3.95. The number of ketones is 1. The van der Waals surface area contributed by atoms with Gasteiger partial charge in [0.2, 0.25) is 0 Å². The molecule has 1 aliphatic heterocycles. The first-order valence-electron chi connectivity index (χ1n) is 6.55. The van der Waals surface area contributed by atoms with Gasteiger partial charge in [-0.15, -0.1) is 0 Å². The van der Waals surface area contributed by atoms with E-state index in [4.69, 9.17) is 0 Å². The minimum Gasteiger partial charge on any atom is -0.344 e. The zero-order valence-electron chi connectivity index (χ0n) is 10.9. The lowest BCUT2D eigenvalue weighted by atomic mass is 10.1. The summed E-state index contributed by atoms with van der Waals surface area (Å²) >= 11 is 0. The van der Waals surface area contributed by atoms with Gasteiger partial charge in [0.05, 0.1) is 5.69 Å². The summed E-state index contributed by atoms with van der Waals surface area (Å²) < 4.78 is 2.02. The van der Waals surface area contributed by atoms with Crippen LogP contribution < -0.4 is 0 Å². The van der Waals surface area contributed by atoms with E-state index in [1.807, 2.05) is 35.0 Å². The summed E-state index contributed by atoms with van der Waals surface area (Å²) in [7, 11) is 0. The van der Waals surface area contributed by atoms with E-state index in [9.17, 15) is 4.79 Å². The van der Waals surface area contributed by atoms with E-state index in [0.29, 0.717) is 6.42 Å². The lowest BCUT2D eigenvalue weighted by Gasteiger charge is -2.12. The molecule has 2 nitrogen and oxygen atoms in total. The highest BCUT2D eigenvalue weighted by Gasteiger charge is 2.17. The summed E-state index contributed by atoms with van der Waals surface area (Å²) in [6.07, 6.45) is 3.58. The summed E-state index contributed by atoms with van der Waals surface area (Å²) in [5, 5.41) is 0. The van der Waals surface area contributed by atoms with Crippen LogP contribution >= 0.6 is 0 Å². The average molecular weight is 249 g/mol. The molecule has 0 fully saturated rings. The highest BCUT2D eigenvalue weighted by molar-refractivity contribution is 5.95. The van der Waals surface area contributed by atoms with Crippen LogP contribution in [0.15, 0.2) is 36.5 Å². The van der Waals surface area contributed by atoms with Crippen molar-refractivity contribution >= 4 is 5.78 Å². The zero-order chi connectivity index (χ0) is 13.2. The lowest BCUT2D eigenvalue weighted by molar-refractivity contribution is 0.0955. The molecule has 0 unspecified atom stereocenters. The number of carbonyl (C=O) groups excluding carboxylic acids is 1. The van der Waals surface area contributed by atoms with Crippen molar-refractivity contribution in [1.82, 2.24) is 4.57 Å². The van der Waals surface area contributed by atoms with Crippen molar-refractivity contribution in [1.29, 1.82) is 0 Å². The number of carbonyl (C=O) groups is 1. The molecule has 1 aromatic heterocycles. The minimum atomic E-state index is 0.232. The first kappa shape index (κ1) is 11.8. The van der Waals surface area contributed by atoms with Gasteiger partial charge in [-0.05, 0) is 31.0 Å². The maximum atomic E-state index is 11.8. The lowest BCUT2D eigenvalue weighted by Crippen LogP contribution is -2.14. The van der Waals surface area contributed by atoms with E-state index in [0.717, 1.165) is 29.8 Å². The number of hydrogen-bond acceptors (Lipinski definition) is 1. The molecule has 0 aliphatic carbocycles. The molecule has 1 aromatic carbocycles. The number of hydrogen-bond donors (Lipinski definition) is 0. The van der Waals surface area contributed by atoms with Crippen molar-refractivity contribution < 1.29 is 4.79 Å².